The maximum absolute atomic E-state index is 5.27. The molecule has 0 spiro atoms. The molecule has 0 unspecified atom stereocenters. The molecule has 0 saturated carbocycles. The molecule has 100 valence electrons. The third-order valence-corrected chi connectivity index (χ3v) is 3.86. The summed E-state index contributed by atoms with van der Waals surface area (Å²) in [6.07, 6.45) is 2.60. The van der Waals surface area contributed by atoms with Gasteiger partial charge in [-0.1, -0.05) is 6.07 Å². The molecular weight excluding hydrogens is 224 g/mol. The van der Waals surface area contributed by atoms with Crippen molar-refractivity contribution in [2.75, 3.05) is 39.1 Å². The number of benzene rings is 1. The third kappa shape index (κ3) is 3.39. The second kappa shape index (κ2) is 6.10. The smallest absolute Gasteiger partial charge is 0.120 e. The average molecular weight is 248 g/mol. The lowest BCUT2D eigenvalue weighted by Gasteiger charge is -2.29. The van der Waals surface area contributed by atoms with Crippen LogP contribution in [0.5, 0.6) is 5.75 Å². The van der Waals surface area contributed by atoms with Crippen LogP contribution >= 0.6 is 0 Å². The minimum atomic E-state index is 0.798. The van der Waals surface area contributed by atoms with Gasteiger partial charge in [-0.15, -0.1) is 0 Å². The van der Waals surface area contributed by atoms with Crippen molar-refractivity contribution in [3.63, 3.8) is 0 Å². The third-order valence-electron chi connectivity index (χ3n) is 3.86. The SMILES string of the molecule is COc1ccc(C)c(NCC2CCN(C)CC2)c1. The van der Waals surface area contributed by atoms with Crippen molar-refractivity contribution in [2.24, 2.45) is 5.92 Å². The highest BCUT2D eigenvalue weighted by atomic mass is 16.5. The molecule has 1 aliphatic rings. The zero-order valence-electron chi connectivity index (χ0n) is 11.7. The van der Waals surface area contributed by atoms with Crippen LogP contribution in [0.1, 0.15) is 18.4 Å². The van der Waals surface area contributed by atoms with Crippen molar-refractivity contribution >= 4 is 5.69 Å². The molecule has 1 heterocycles. The molecule has 0 aliphatic carbocycles. The fourth-order valence-electron chi connectivity index (χ4n) is 2.44. The van der Waals surface area contributed by atoms with Gasteiger partial charge in [-0.25, -0.2) is 0 Å². The van der Waals surface area contributed by atoms with Gasteiger partial charge in [0.1, 0.15) is 5.75 Å². The van der Waals surface area contributed by atoms with Crippen molar-refractivity contribution in [3.8, 4) is 5.75 Å². The molecule has 0 amide bonds. The van der Waals surface area contributed by atoms with Gasteiger partial charge < -0.3 is 15.0 Å². The highest BCUT2D eigenvalue weighted by molar-refractivity contribution is 5.54. The van der Waals surface area contributed by atoms with E-state index in [4.69, 9.17) is 4.74 Å². The molecule has 2 rings (SSSR count). The van der Waals surface area contributed by atoms with Crippen LogP contribution in [0.25, 0.3) is 0 Å². The standard InChI is InChI=1S/C15H24N2O/c1-12-4-5-14(18-3)10-15(12)16-11-13-6-8-17(2)9-7-13/h4-5,10,13,16H,6-9,11H2,1-3H3. The van der Waals surface area contributed by atoms with Crippen molar-refractivity contribution in [3.05, 3.63) is 23.8 Å². The largest absolute Gasteiger partial charge is 0.497 e. The number of piperidine rings is 1. The molecule has 1 aliphatic heterocycles. The number of anilines is 1. The predicted molar refractivity (Wildman–Crippen MR) is 76.4 cm³/mol. The minimum absolute atomic E-state index is 0.798. The molecule has 0 bridgehead atoms. The Kier molecular flexibility index (Phi) is 4.48. The van der Waals surface area contributed by atoms with E-state index in [2.05, 4.69) is 36.3 Å². The molecule has 1 saturated heterocycles. The Bertz CT molecular complexity index is 384. The lowest BCUT2D eigenvalue weighted by molar-refractivity contribution is 0.226. The lowest BCUT2D eigenvalue weighted by Crippen LogP contribution is -2.33. The number of nitrogens with one attached hydrogen (secondary N) is 1. The number of rotatable bonds is 4. The second-order valence-corrected chi connectivity index (χ2v) is 5.31. The van der Waals surface area contributed by atoms with E-state index in [1.807, 2.05) is 6.07 Å². The van der Waals surface area contributed by atoms with Gasteiger partial charge >= 0.3 is 0 Å². The maximum atomic E-state index is 5.27. The number of hydrogen-bond donors (Lipinski definition) is 1. The van der Waals surface area contributed by atoms with Crippen molar-refractivity contribution < 1.29 is 4.74 Å². The summed E-state index contributed by atoms with van der Waals surface area (Å²) in [7, 11) is 3.92. The fourth-order valence-corrected chi connectivity index (χ4v) is 2.44. The number of aryl methyl sites for hydroxylation is 1. The highest BCUT2D eigenvalue weighted by Gasteiger charge is 2.16. The van der Waals surface area contributed by atoms with Crippen LogP contribution in [0.3, 0.4) is 0 Å². The van der Waals surface area contributed by atoms with Crippen molar-refractivity contribution in [1.29, 1.82) is 0 Å². The highest BCUT2D eigenvalue weighted by Crippen LogP contribution is 2.23. The molecule has 0 atom stereocenters. The Morgan fingerprint density at radius 1 is 1.33 bits per heavy atom. The summed E-state index contributed by atoms with van der Waals surface area (Å²) >= 11 is 0. The molecule has 18 heavy (non-hydrogen) atoms. The van der Waals surface area contributed by atoms with E-state index in [1.54, 1.807) is 7.11 Å². The first-order valence-electron chi connectivity index (χ1n) is 6.76. The molecule has 1 fully saturated rings. The first kappa shape index (κ1) is 13.2. The number of nitrogens with zero attached hydrogens (tertiary/aromatic N) is 1. The van der Waals surface area contributed by atoms with Crippen LogP contribution in [0.15, 0.2) is 18.2 Å². The molecule has 1 aromatic carbocycles. The van der Waals surface area contributed by atoms with Gasteiger partial charge in [0, 0.05) is 18.3 Å². The van der Waals surface area contributed by atoms with E-state index in [0.29, 0.717) is 0 Å². The van der Waals surface area contributed by atoms with E-state index >= 15 is 0 Å². The average Bonchev–Trinajstić information content (AvgIpc) is 2.40. The molecule has 3 heteroatoms. The Hall–Kier alpha value is -1.22. The monoisotopic (exact) mass is 248 g/mol. The zero-order valence-corrected chi connectivity index (χ0v) is 11.7. The van der Waals surface area contributed by atoms with Crippen LogP contribution < -0.4 is 10.1 Å². The number of hydrogen-bond acceptors (Lipinski definition) is 3. The van der Waals surface area contributed by atoms with E-state index in [1.165, 1.54) is 37.2 Å². The summed E-state index contributed by atoms with van der Waals surface area (Å²) in [5.74, 6) is 1.72. The van der Waals surface area contributed by atoms with Crippen LogP contribution in [0.4, 0.5) is 5.69 Å². The molecule has 1 aromatic rings. The first-order valence-corrected chi connectivity index (χ1v) is 6.76. The van der Waals surface area contributed by atoms with E-state index in [0.717, 1.165) is 18.2 Å². The van der Waals surface area contributed by atoms with Gasteiger partial charge in [0.15, 0.2) is 0 Å². The Morgan fingerprint density at radius 3 is 2.72 bits per heavy atom. The summed E-state index contributed by atoms with van der Waals surface area (Å²) in [5.41, 5.74) is 2.48. The predicted octanol–water partition coefficient (Wildman–Crippen LogP) is 2.76. The van der Waals surface area contributed by atoms with E-state index in [9.17, 15) is 0 Å². The van der Waals surface area contributed by atoms with Crippen LogP contribution in [-0.2, 0) is 0 Å². The van der Waals surface area contributed by atoms with Gasteiger partial charge in [0.2, 0.25) is 0 Å². The van der Waals surface area contributed by atoms with Crippen LogP contribution in [-0.4, -0.2) is 38.7 Å². The second-order valence-electron chi connectivity index (χ2n) is 5.31. The summed E-state index contributed by atoms with van der Waals surface area (Å²) < 4.78 is 5.27. The van der Waals surface area contributed by atoms with E-state index < -0.39 is 0 Å². The molecule has 0 radical (unpaired) electrons. The van der Waals surface area contributed by atoms with Crippen molar-refractivity contribution in [1.82, 2.24) is 4.90 Å². The fraction of sp³-hybridized carbons (Fsp3) is 0.600. The maximum Gasteiger partial charge on any atom is 0.120 e. The summed E-state index contributed by atoms with van der Waals surface area (Å²) in [6, 6.07) is 6.20. The molecule has 1 N–H and O–H groups in total. The van der Waals surface area contributed by atoms with Gasteiger partial charge in [0.25, 0.3) is 0 Å². The quantitative estimate of drug-likeness (QED) is 0.886. The normalized spacial score (nSPS) is 17.7. The number of likely N-dealkylation sites (tertiary alicyclic amines) is 1. The van der Waals surface area contributed by atoms with Gasteiger partial charge in [-0.2, -0.15) is 0 Å². The number of ether oxygens (including phenoxy) is 1. The molecule has 0 aromatic heterocycles. The molecular formula is C15H24N2O. The van der Waals surface area contributed by atoms with Crippen LogP contribution in [0, 0.1) is 12.8 Å². The summed E-state index contributed by atoms with van der Waals surface area (Å²) in [6.45, 7) is 5.66. The first-order chi connectivity index (χ1) is 8.69. The Labute approximate surface area is 110 Å². The van der Waals surface area contributed by atoms with Gasteiger partial charge in [-0.05, 0) is 57.5 Å². The lowest BCUT2D eigenvalue weighted by atomic mass is 9.97. The summed E-state index contributed by atoms with van der Waals surface area (Å²) in [4.78, 5) is 2.41. The van der Waals surface area contributed by atoms with Crippen LogP contribution in [0.2, 0.25) is 0 Å². The Balaban J connectivity index is 1.89. The van der Waals surface area contributed by atoms with E-state index in [-0.39, 0.29) is 0 Å². The topological polar surface area (TPSA) is 24.5 Å². The van der Waals surface area contributed by atoms with Gasteiger partial charge in [-0.3, -0.25) is 0 Å². The summed E-state index contributed by atoms with van der Waals surface area (Å²) in [5, 5.41) is 3.57. The minimum Gasteiger partial charge on any atom is -0.497 e. The van der Waals surface area contributed by atoms with Crippen molar-refractivity contribution in [2.45, 2.75) is 19.8 Å². The van der Waals surface area contributed by atoms with Gasteiger partial charge in [0.05, 0.1) is 7.11 Å². The molecule has 3 nitrogen and oxygen atoms in total. The number of methoxy groups -OCH3 is 1. The Morgan fingerprint density at radius 2 is 2.06 bits per heavy atom. The zero-order chi connectivity index (χ0) is 13.0.